The summed E-state index contributed by atoms with van der Waals surface area (Å²) in [6, 6.07) is 17.4. The van der Waals surface area contributed by atoms with Gasteiger partial charge in [0.15, 0.2) is 0 Å². The molecule has 1 amide bonds. The first-order valence-corrected chi connectivity index (χ1v) is 10.3. The lowest BCUT2D eigenvalue weighted by molar-refractivity contribution is -0.114. The Morgan fingerprint density at radius 1 is 1.06 bits per heavy atom. The fraction of sp³-hybridized carbons (Fsp3) is 0.304. The van der Waals surface area contributed by atoms with Crippen LogP contribution in [0.4, 0.5) is 23.3 Å². The van der Waals surface area contributed by atoms with Gasteiger partial charge in [-0.2, -0.15) is 4.98 Å². The summed E-state index contributed by atoms with van der Waals surface area (Å²) in [6.07, 6.45) is 3.42. The molecule has 4 rings (SSSR count). The highest BCUT2D eigenvalue weighted by molar-refractivity contribution is 5.89. The van der Waals surface area contributed by atoms with E-state index in [1.54, 1.807) is 0 Å². The van der Waals surface area contributed by atoms with Gasteiger partial charge in [0.25, 0.3) is 0 Å². The Balaban J connectivity index is 1.39. The van der Waals surface area contributed by atoms with E-state index in [-0.39, 0.29) is 5.91 Å². The van der Waals surface area contributed by atoms with E-state index in [4.69, 9.17) is 0 Å². The molecule has 0 radical (unpaired) electrons. The van der Waals surface area contributed by atoms with Crippen LogP contribution in [0.25, 0.3) is 0 Å². The van der Waals surface area contributed by atoms with Crippen LogP contribution in [-0.2, 0) is 11.2 Å². The minimum absolute atomic E-state index is 0.128. The molecule has 0 aliphatic carbocycles. The third-order valence-corrected chi connectivity index (χ3v) is 5.35. The third kappa shape index (κ3) is 5.55. The van der Waals surface area contributed by atoms with E-state index >= 15 is 0 Å². The van der Waals surface area contributed by atoms with Crippen molar-refractivity contribution in [1.82, 2.24) is 15.0 Å². The van der Waals surface area contributed by atoms with Gasteiger partial charge >= 0.3 is 0 Å². The number of carbonyl (C=O) groups is 1. The largest absolute Gasteiger partial charge is 0.389 e. The predicted molar refractivity (Wildman–Crippen MR) is 120 cm³/mol. The Kier molecular flexibility index (Phi) is 6.08. The van der Waals surface area contributed by atoms with Gasteiger partial charge in [-0.3, -0.25) is 4.79 Å². The molecule has 0 bridgehead atoms. The number of hydrogen-bond acceptors (Lipinski definition) is 7. The minimum Gasteiger partial charge on any atom is -0.389 e. The van der Waals surface area contributed by atoms with Crippen LogP contribution >= 0.6 is 0 Å². The number of amides is 1. The number of rotatable bonds is 6. The number of nitrogens with one attached hydrogen (secondary N) is 2. The van der Waals surface area contributed by atoms with Gasteiger partial charge in [0.2, 0.25) is 17.8 Å². The van der Waals surface area contributed by atoms with E-state index in [1.165, 1.54) is 13.3 Å². The lowest BCUT2D eigenvalue weighted by Crippen LogP contribution is -2.46. The monoisotopic (exact) mass is 418 g/mol. The Hall–Kier alpha value is -3.52. The second-order valence-electron chi connectivity index (χ2n) is 7.87. The van der Waals surface area contributed by atoms with Gasteiger partial charge in [-0.05, 0) is 36.6 Å². The molecule has 0 saturated carbocycles. The third-order valence-electron chi connectivity index (χ3n) is 5.35. The number of anilines is 4. The molecule has 2 aromatic carbocycles. The average molecular weight is 419 g/mol. The maximum absolute atomic E-state index is 11.3. The van der Waals surface area contributed by atoms with Crippen LogP contribution in [0.1, 0.15) is 25.3 Å². The van der Waals surface area contributed by atoms with Gasteiger partial charge in [-0.1, -0.05) is 36.4 Å². The van der Waals surface area contributed by atoms with Crippen molar-refractivity contribution < 1.29 is 9.90 Å². The summed E-state index contributed by atoms with van der Waals surface area (Å²) in [4.78, 5) is 26.4. The van der Waals surface area contributed by atoms with Crippen molar-refractivity contribution in [2.75, 3.05) is 28.6 Å². The van der Waals surface area contributed by atoms with E-state index in [2.05, 4.69) is 42.6 Å². The summed E-state index contributed by atoms with van der Waals surface area (Å²) < 4.78 is 0. The molecule has 8 heteroatoms. The summed E-state index contributed by atoms with van der Waals surface area (Å²) in [5.41, 5.74) is 1.89. The molecule has 1 aromatic heterocycles. The zero-order valence-corrected chi connectivity index (χ0v) is 17.5. The summed E-state index contributed by atoms with van der Waals surface area (Å²) >= 11 is 0. The number of piperidine rings is 1. The smallest absolute Gasteiger partial charge is 0.231 e. The van der Waals surface area contributed by atoms with E-state index in [9.17, 15) is 9.90 Å². The van der Waals surface area contributed by atoms with E-state index < -0.39 is 5.60 Å². The minimum atomic E-state index is -0.712. The maximum Gasteiger partial charge on any atom is 0.231 e. The summed E-state index contributed by atoms with van der Waals surface area (Å²) in [6.45, 7) is 2.81. The summed E-state index contributed by atoms with van der Waals surface area (Å²) in [5.74, 6) is 0.879. The molecular formula is C23H26N6O2. The normalized spacial score (nSPS) is 15.4. The fourth-order valence-electron chi connectivity index (χ4n) is 3.78. The van der Waals surface area contributed by atoms with Crippen LogP contribution in [0.2, 0.25) is 0 Å². The zero-order valence-electron chi connectivity index (χ0n) is 17.5. The molecule has 1 fully saturated rings. The van der Waals surface area contributed by atoms with Crippen molar-refractivity contribution in [1.29, 1.82) is 0 Å². The van der Waals surface area contributed by atoms with E-state index in [0.717, 1.165) is 11.3 Å². The van der Waals surface area contributed by atoms with Crippen LogP contribution in [0, 0.1) is 0 Å². The number of hydrogen-bond donors (Lipinski definition) is 3. The molecule has 0 spiro atoms. The quantitative estimate of drug-likeness (QED) is 0.565. The van der Waals surface area contributed by atoms with Gasteiger partial charge in [0.05, 0.1) is 5.60 Å². The number of benzene rings is 2. The van der Waals surface area contributed by atoms with Gasteiger partial charge in [0.1, 0.15) is 6.33 Å². The first-order valence-electron chi connectivity index (χ1n) is 10.3. The highest BCUT2D eigenvalue weighted by atomic mass is 16.3. The van der Waals surface area contributed by atoms with Crippen molar-refractivity contribution in [2.45, 2.75) is 31.8 Å². The molecule has 31 heavy (non-hydrogen) atoms. The first kappa shape index (κ1) is 20.7. The molecule has 3 N–H and O–H groups in total. The van der Waals surface area contributed by atoms with Gasteiger partial charge in [0, 0.05) is 37.8 Å². The van der Waals surface area contributed by atoms with E-state index in [0.29, 0.717) is 49.9 Å². The first-order chi connectivity index (χ1) is 15.0. The van der Waals surface area contributed by atoms with Crippen LogP contribution in [0.15, 0.2) is 60.9 Å². The van der Waals surface area contributed by atoms with Crippen LogP contribution in [-0.4, -0.2) is 44.7 Å². The van der Waals surface area contributed by atoms with Gasteiger partial charge in [-0.15, -0.1) is 0 Å². The van der Waals surface area contributed by atoms with Crippen molar-refractivity contribution in [3.63, 3.8) is 0 Å². The SMILES string of the molecule is CC(=O)Nc1cccc(Nc2ncnc(N3CCC(O)(Cc4ccccc4)CC3)n2)c1. The highest BCUT2D eigenvalue weighted by Crippen LogP contribution is 2.28. The predicted octanol–water partition coefficient (Wildman–Crippen LogP) is 3.15. The Morgan fingerprint density at radius 2 is 1.81 bits per heavy atom. The van der Waals surface area contributed by atoms with Crippen molar-refractivity contribution in [2.24, 2.45) is 0 Å². The number of aromatic nitrogens is 3. The molecule has 2 heterocycles. The molecule has 3 aromatic rings. The Bertz CT molecular complexity index is 1040. The van der Waals surface area contributed by atoms with Gasteiger partial charge < -0.3 is 20.6 Å². The molecule has 1 aliphatic heterocycles. The standard InChI is InChI=1S/C23H26N6O2/c1-17(30)26-19-8-5-9-20(14-19)27-21-24-16-25-22(28-21)29-12-10-23(31,11-13-29)15-18-6-3-2-4-7-18/h2-9,14,16,31H,10-13,15H2,1H3,(H,26,30)(H,24,25,27,28). The molecule has 1 aliphatic rings. The second-order valence-corrected chi connectivity index (χ2v) is 7.87. The highest BCUT2D eigenvalue weighted by Gasteiger charge is 2.33. The zero-order chi connectivity index (χ0) is 21.7. The van der Waals surface area contributed by atoms with Crippen molar-refractivity contribution in [3.8, 4) is 0 Å². The maximum atomic E-state index is 11.3. The molecular weight excluding hydrogens is 392 g/mol. The second kappa shape index (κ2) is 9.09. The lowest BCUT2D eigenvalue weighted by Gasteiger charge is -2.38. The van der Waals surface area contributed by atoms with E-state index in [1.807, 2.05) is 42.5 Å². The topological polar surface area (TPSA) is 103 Å². The Morgan fingerprint density at radius 3 is 2.55 bits per heavy atom. The molecule has 0 unspecified atom stereocenters. The van der Waals surface area contributed by atoms with Crippen LogP contribution < -0.4 is 15.5 Å². The van der Waals surface area contributed by atoms with Crippen LogP contribution in [0.5, 0.6) is 0 Å². The fourth-order valence-corrected chi connectivity index (χ4v) is 3.78. The average Bonchev–Trinajstić information content (AvgIpc) is 2.75. The van der Waals surface area contributed by atoms with Crippen molar-refractivity contribution >= 4 is 29.2 Å². The van der Waals surface area contributed by atoms with Crippen molar-refractivity contribution in [3.05, 3.63) is 66.5 Å². The molecule has 0 atom stereocenters. The number of nitrogens with zero attached hydrogens (tertiary/aromatic N) is 4. The number of carbonyl (C=O) groups excluding carboxylic acids is 1. The Labute approximate surface area is 181 Å². The van der Waals surface area contributed by atoms with Gasteiger partial charge in [-0.25, -0.2) is 9.97 Å². The molecule has 160 valence electrons. The number of aliphatic hydroxyl groups is 1. The summed E-state index contributed by atoms with van der Waals surface area (Å²) in [5, 5.41) is 16.9. The summed E-state index contributed by atoms with van der Waals surface area (Å²) in [7, 11) is 0. The lowest BCUT2D eigenvalue weighted by atomic mass is 9.85. The van der Waals surface area contributed by atoms with Crippen LogP contribution in [0.3, 0.4) is 0 Å². The molecule has 8 nitrogen and oxygen atoms in total. The molecule has 1 saturated heterocycles.